The van der Waals surface area contributed by atoms with Gasteiger partial charge in [-0.05, 0) is 0 Å². The summed E-state index contributed by atoms with van der Waals surface area (Å²) in [7, 11) is 0. The molecule has 2 rings (SSSR count). The fourth-order valence-electron chi connectivity index (χ4n) is 1.46. The Labute approximate surface area is 97.3 Å². The monoisotopic (exact) mass is 206 g/mol. The predicted molar refractivity (Wildman–Crippen MR) is 69.6 cm³/mol. The van der Waals surface area contributed by atoms with Crippen LogP contribution in [0.5, 0.6) is 0 Å². The van der Waals surface area contributed by atoms with Gasteiger partial charge in [0, 0.05) is 0 Å². The minimum atomic E-state index is 1.22. The van der Waals surface area contributed by atoms with Crippen LogP contribution >= 0.6 is 0 Å². The number of benzene rings is 1. The Hall–Kier alpha value is -2.08. The molecule has 0 atom stereocenters. The number of hydrogen-bond acceptors (Lipinski definition) is 0. The number of hydrogen-bond donors (Lipinski definition) is 0. The lowest BCUT2D eigenvalue weighted by Crippen LogP contribution is -1.80. The zero-order valence-electron chi connectivity index (χ0n) is 9.08. The van der Waals surface area contributed by atoms with Gasteiger partial charge < -0.3 is 0 Å². The molecule has 0 fully saturated rings. The van der Waals surface area contributed by atoms with Crippen molar-refractivity contribution in [3.8, 4) is 0 Å². The lowest BCUT2D eigenvalue weighted by atomic mass is 10.1. The summed E-state index contributed by atoms with van der Waals surface area (Å²) in [5.41, 5.74) is 2.44. The van der Waals surface area contributed by atoms with Crippen LogP contribution in [0, 0.1) is 12.8 Å². The van der Waals surface area contributed by atoms with Crippen LogP contribution in [0.3, 0.4) is 0 Å². The number of rotatable bonds is 3. The van der Waals surface area contributed by atoms with Crippen molar-refractivity contribution in [2.24, 2.45) is 0 Å². The SMILES string of the molecule is C1=C[CH-]/C(=C/C=C/[CH-]c2ccccc2)C=C1. The second-order valence-electron chi connectivity index (χ2n) is 3.54. The van der Waals surface area contributed by atoms with Gasteiger partial charge >= 0.3 is 0 Å². The first-order chi connectivity index (χ1) is 7.95. The molecule has 0 spiro atoms. The standard InChI is InChI=1S/C16H14/c1-3-9-15(10-4-1)13-7-8-14-16-11-5-2-6-12-16/h1-14H/q-2/b8-7+. The Morgan fingerprint density at radius 3 is 2.69 bits per heavy atom. The molecule has 0 saturated carbocycles. The first-order valence-corrected chi connectivity index (χ1v) is 5.40. The summed E-state index contributed by atoms with van der Waals surface area (Å²) in [6.07, 6.45) is 18.6. The summed E-state index contributed by atoms with van der Waals surface area (Å²) >= 11 is 0. The van der Waals surface area contributed by atoms with Gasteiger partial charge in [0.2, 0.25) is 0 Å². The van der Waals surface area contributed by atoms with Crippen molar-refractivity contribution in [3.05, 3.63) is 96.8 Å². The highest BCUT2D eigenvalue weighted by molar-refractivity contribution is 5.41. The second-order valence-corrected chi connectivity index (χ2v) is 3.54. The van der Waals surface area contributed by atoms with Crippen LogP contribution in [0.15, 0.2) is 78.4 Å². The normalized spacial score (nSPS) is 16.6. The van der Waals surface area contributed by atoms with E-state index >= 15 is 0 Å². The molecule has 0 radical (unpaired) electrons. The molecule has 1 aliphatic carbocycles. The van der Waals surface area contributed by atoms with Crippen molar-refractivity contribution in [1.82, 2.24) is 0 Å². The maximum Gasteiger partial charge on any atom is -0.0807 e. The molecule has 0 aromatic heterocycles. The third-order valence-corrected chi connectivity index (χ3v) is 2.29. The van der Waals surface area contributed by atoms with Gasteiger partial charge in [0.1, 0.15) is 0 Å². The lowest BCUT2D eigenvalue weighted by molar-refractivity contribution is 1.50. The smallest absolute Gasteiger partial charge is 0.0807 e. The van der Waals surface area contributed by atoms with E-state index in [0.29, 0.717) is 0 Å². The van der Waals surface area contributed by atoms with Gasteiger partial charge in [-0.15, -0.1) is 67.0 Å². The van der Waals surface area contributed by atoms with E-state index in [1.807, 2.05) is 36.4 Å². The van der Waals surface area contributed by atoms with E-state index < -0.39 is 0 Å². The van der Waals surface area contributed by atoms with Crippen LogP contribution in [0.4, 0.5) is 0 Å². The maximum absolute atomic E-state index is 2.10. The maximum atomic E-state index is 2.10. The number of allylic oxidation sites excluding steroid dienone is 8. The van der Waals surface area contributed by atoms with Gasteiger partial charge in [-0.1, -0.05) is 6.07 Å². The summed E-state index contributed by atoms with van der Waals surface area (Å²) < 4.78 is 0. The molecule has 1 aliphatic rings. The minimum Gasteiger partial charge on any atom is -0.177 e. The topological polar surface area (TPSA) is 0 Å². The van der Waals surface area contributed by atoms with Crippen molar-refractivity contribution < 1.29 is 0 Å². The first kappa shape index (κ1) is 10.4. The van der Waals surface area contributed by atoms with Crippen molar-refractivity contribution in [1.29, 1.82) is 0 Å². The Bertz CT molecular complexity index is 430. The van der Waals surface area contributed by atoms with Crippen LogP contribution in [0.1, 0.15) is 5.56 Å². The summed E-state index contributed by atoms with van der Waals surface area (Å²) in [6.45, 7) is 0. The summed E-state index contributed by atoms with van der Waals surface area (Å²) in [6, 6.07) is 10.3. The highest BCUT2D eigenvalue weighted by Gasteiger charge is 1.80. The van der Waals surface area contributed by atoms with E-state index in [9.17, 15) is 0 Å². The molecule has 80 valence electrons. The Morgan fingerprint density at radius 2 is 1.94 bits per heavy atom. The van der Waals surface area contributed by atoms with Gasteiger partial charge in [0.15, 0.2) is 0 Å². The van der Waals surface area contributed by atoms with E-state index in [1.54, 1.807) is 0 Å². The molecular weight excluding hydrogens is 192 g/mol. The van der Waals surface area contributed by atoms with E-state index in [2.05, 4.69) is 49.3 Å². The highest BCUT2D eigenvalue weighted by atomic mass is 14.0. The summed E-state index contributed by atoms with van der Waals surface area (Å²) in [4.78, 5) is 0. The average Bonchev–Trinajstić information content (AvgIpc) is 2.37. The van der Waals surface area contributed by atoms with E-state index in [1.165, 1.54) is 11.1 Å². The zero-order valence-corrected chi connectivity index (χ0v) is 9.08. The molecule has 0 N–H and O–H groups in total. The lowest BCUT2D eigenvalue weighted by Gasteiger charge is -2.09. The van der Waals surface area contributed by atoms with Crippen molar-refractivity contribution in [2.75, 3.05) is 0 Å². The summed E-state index contributed by atoms with van der Waals surface area (Å²) in [5.74, 6) is 0. The van der Waals surface area contributed by atoms with Gasteiger partial charge in [0.05, 0.1) is 0 Å². The van der Waals surface area contributed by atoms with Crippen molar-refractivity contribution in [3.63, 3.8) is 0 Å². The molecule has 1 aromatic carbocycles. The van der Waals surface area contributed by atoms with Crippen LogP contribution < -0.4 is 0 Å². The van der Waals surface area contributed by atoms with E-state index in [0.717, 1.165) is 0 Å². The largest absolute Gasteiger partial charge is 0.177 e. The molecule has 0 heterocycles. The van der Waals surface area contributed by atoms with Crippen molar-refractivity contribution in [2.45, 2.75) is 0 Å². The van der Waals surface area contributed by atoms with Crippen LogP contribution in [-0.4, -0.2) is 0 Å². The predicted octanol–water partition coefficient (Wildman–Crippen LogP) is 4.05. The molecule has 0 aliphatic heterocycles. The molecule has 0 bridgehead atoms. The van der Waals surface area contributed by atoms with Crippen LogP contribution in [0.2, 0.25) is 0 Å². The second kappa shape index (κ2) is 5.72. The average molecular weight is 206 g/mol. The summed E-state index contributed by atoms with van der Waals surface area (Å²) in [5, 5.41) is 0. The molecule has 0 saturated heterocycles. The van der Waals surface area contributed by atoms with Crippen LogP contribution in [-0.2, 0) is 0 Å². The molecule has 1 aromatic rings. The van der Waals surface area contributed by atoms with Crippen molar-refractivity contribution >= 4 is 0 Å². The van der Waals surface area contributed by atoms with E-state index in [4.69, 9.17) is 0 Å². The third-order valence-electron chi connectivity index (χ3n) is 2.29. The van der Waals surface area contributed by atoms with Gasteiger partial charge in [0.25, 0.3) is 0 Å². The molecule has 16 heavy (non-hydrogen) atoms. The molecule has 0 amide bonds. The zero-order chi connectivity index (χ0) is 11.1. The Morgan fingerprint density at radius 1 is 1.06 bits per heavy atom. The first-order valence-electron chi connectivity index (χ1n) is 5.40. The molecule has 0 nitrogen and oxygen atoms in total. The fourth-order valence-corrected chi connectivity index (χ4v) is 1.46. The molecule has 0 heteroatoms. The minimum absolute atomic E-state index is 1.22. The highest BCUT2D eigenvalue weighted by Crippen LogP contribution is 2.09. The fraction of sp³-hybridized carbons (Fsp3) is 0. The van der Waals surface area contributed by atoms with E-state index in [-0.39, 0.29) is 0 Å². The van der Waals surface area contributed by atoms with Gasteiger partial charge in [-0.2, -0.15) is 23.8 Å². The molecular formula is C16H14-2. The Kier molecular flexibility index (Phi) is 3.73. The third kappa shape index (κ3) is 3.25. The van der Waals surface area contributed by atoms with Gasteiger partial charge in [-0.3, -0.25) is 0 Å². The van der Waals surface area contributed by atoms with Gasteiger partial charge in [-0.25, -0.2) is 0 Å². The Balaban J connectivity index is 1.86. The van der Waals surface area contributed by atoms with Crippen LogP contribution in [0.25, 0.3) is 0 Å². The quantitative estimate of drug-likeness (QED) is 0.654. The molecule has 0 unspecified atom stereocenters.